The number of hydrogen-bond acceptors (Lipinski definition) is 5. The molecule has 0 aliphatic carbocycles. The zero-order valence-corrected chi connectivity index (χ0v) is 10.6. The molecule has 2 aromatic rings. The van der Waals surface area contributed by atoms with Crippen LogP contribution in [0.25, 0.3) is 0 Å². The number of aromatic amines is 2. The summed E-state index contributed by atoms with van der Waals surface area (Å²) in [6.07, 6.45) is 3.95. The van der Waals surface area contributed by atoms with Crippen LogP contribution in [0.5, 0.6) is 0 Å². The second kappa shape index (κ2) is 4.82. The molecule has 0 saturated heterocycles. The van der Waals surface area contributed by atoms with Crippen LogP contribution in [0.2, 0.25) is 0 Å². The van der Waals surface area contributed by atoms with Gasteiger partial charge in [0.25, 0.3) is 10.0 Å². The van der Waals surface area contributed by atoms with Crippen LogP contribution in [0.3, 0.4) is 0 Å². The van der Waals surface area contributed by atoms with Crippen molar-refractivity contribution in [1.82, 2.24) is 25.1 Å². The number of rotatable bonds is 5. The Bertz CT molecular complexity index is 675. The molecule has 4 N–H and O–H groups in total. The fourth-order valence-corrected chi connectivity index (χ4v) is 2.81. The molecular formula is C9H11N5O4S. The first-order valence-corrected chi connectivity index (χ1v) is 6.68. The molecule has 0 aliphatic heterocycles. The summed E-state index contributed by atoms with van der Waals surface area (Å²) in [4.78, 5) is 10.9. The van der Waals surface area contributed by atoms with Gasteiger partial charge in [0.15, 0.2) is 5.03 Å². The second-order valence-electron chi connectivity index (χ2n) is 3.79. The van der Waals surface area contributed by atoms with Crippen molar-refractivity contribution in [2.75, 3.05) is 0 Å². The molecule has 102 valence electrons. The van der Waals surface area contributed by atoms with Gasteiger partial charge in [0.2, 0.25) is 0 Å². The molecule has 2 heterocycles. The molecule has 0 amide bonds. The maximum Gasteiger partial charge on any atom is 0.340 e. The van der Waals surface area contributed by atoms with Crippen molar-refractivity contribution >= 4 is 16.0 Å². The van der Waals surface area contributed by atoms with Crippen LogP contribution < -0.4 is 4.72 Å². The first-order valence-electron chi connectivity index (χ1n) is 5.19. The topological polar surface area (TPSA) is 141 Å². The summed E-state index contributed by atoms with van der Waals surface area (Å²) in [6.45, 7) is 1.61. The van der Waals surface area contributed by atoms with Gasteiger partial charge in [-0.25, -0.2) is 17.9 Å². The lowest BCUT2D eigenvalue weighted by Gasteiger charge is -2.11. The van der Waals surface area contributed by atoms with E-state index in [-0.39, 0.29) is 0 Å². The summed E-state index contributed by atoms with van der Waals surface area (Å²) in [7, 11) is -4.01. The minimum atomic E-state index is -4.01. The lowest BCUT2D eigenvalue weighted by molar-refractivity contribution is 0.0692. The predicted molar refractivity (Wildman–Crippen MR) is 62.9 cm³/mol. The highest BCUT2D eigenvalue weighted by atomic mass is 32.2. The summed E-state index contributed by atoms with van der Waals surface area (Å²) in [6, 6.07) is -0.561. The minimum Gasteiger partial charge on any atom is -0.478 e. The number of carbonyl (C=O) groups is 1. The summed E-state index contributed by atoms with van der Waals surface area (Å²) < 4.78 is 26.4. The largest absolute Gasteiger partial charge is 0.478 e. The van der Waals surface area contributed by atoms with Crippen molar-refractivity contribution in [3.63, 3.8) is 0 Å². The van der Waals surface area contributed by atoms with Gasteiger partial charge in [-0.3, -0.25) is 10.2 Å². The van der Waals surface area contributed by atoms with Crippen LogP contribution >= 0.6 is 0 Å². The average molecular weight is 285 g/mol. The minimum absolute atomic E-state index is 0.410. The van der Waals surface area contributed by atoms with E-state index in [9.17, 15) is 13.2 Å². The molecule has 0 bridgehead atoms. The van der Waals surface area contributed by atoms with Gasteiger partial charge < -0.3 is 5.11 Å². The molecule has 2 aromatic heterocycles. The zero-order chi connectivity index (χ0) is 14.0. The molecule has 1 atom stereocenters. The van der Waals surface area contributed by atoms with E-state index in [0.29, 0.717) is 5.56 Å². The van der Waals surface area contributed by atoms with Gasteiger partial charge in [-0.15, -0.1) is 0 Å². The number of nitrogens with zero attached hydrogens (tertiary/aromatic N) is 2. The van der Waals surface area contributed by atoms with Crippen LogP contribution in [0.1, 0.15) is 28.9 Å². The number of H-pyrrole nitrogens is 2. The van der Waals surface area contributed by atoms with Gasteiger partial charge in [0.05, 0.1) is 12.4 Å². The van der Waals surface area contributed by atoms with E-state index >= 15 is 0 Å². The lowest BCUT2D eigenvalue weighted by atomic mass is 10.2. The molecule has 1 unspecified atom stereocenters. The van der Waals surface area contributed by atoms with Crippen LogP contribution in [-0.4, -0.2) is 39.9 Å². The monoisotopic (exact) mass is 285 g/mol. The summed E-state index contributed by atoms with van der Waals surface area (Å²) in [5, 5.41) is 20.3. The molecule has 0 saturated carbocycles. The number of aromatic nitrogens is 4. The van der Waals surface area contributed by atoms with Crippen LogP contribution in [0, 0.1) is 0 Å². The normalized spacial score (nSPS) is 13.3. The van der Waals surface area contributed by atoms with Crippen molar-refractivity contribution in [1.29, 1.82) is 0 Å². The molecular weight excluding hydrogens is 274 g/mol. The molecule has 0 aliphatic rings. The smallest absolute Gasteiger partial charge is 0.340 e. The summed E-state index contributed by atoms with van der Waals surface area (Å²) >= 11 is 0. The highest BCUT2D eigenvalue weighted by molar-refractivity contribution is 7.89. The van der Waals surface area contributed by atoms with E-state index in [0.717, 1.165) is 6.20 Å². The highest BCUT2D eigenvalue weighted by Gasteiger charge is 2.26. The van der Waals surface area contributed by atoms with Gasteiger partial charge in [-0.2, -0.15) is 10.2 Å². The number of aromatic carboxylic acids is 1. The van der Waals surface area contributed by atoms with Crippen molar-refractivity contribution in [3.05, 3.63) is 29.7 Å². The van der Waals surface area contributed by atoms with Gasteiger partial charge in [0.1, 0.15) is 5.56 Å². The molecule has 10 heteroatoms. The third kappa shape index (κ3) is 2.63. The van der Waals surface area contributed by atoms with Crippen LogP contribution in [0.4, 0.5) is 0 Å². The maximum absolute atomic E-state index is 12.0. The van der Waals surface area contributed by atoms with E-state index in [1.165, 1.54) is 12.4 Å². The van der Waals surface area contributed by atoms with Gasteiger partial charge >= 0.3 is 5.97 Å². The van der Waals surface area contributed by atoms with Crippen molar-refractivity contribution in [2.45, 2.75) is 18.0 Å². The predicted octanol–water partition coefficient (Wildman–Crippen LogP) is -0.130. The fraction of sp³-hybridized carbons (Fsp3) is 0.222. The molecule has 9 nitrogen and oxygen atoms in total. The van der Waals surface area contributed by atoms with E-state index < -0.39 is 32.6 Å². The number of nitrogens with one attached hydrogen (secondary N) is 3. The van der Waals surface area contributed by atoms with Crippen molar-refractivity contribution in [3.8, 4) is 0 Å². The first-order chi connectivity index (χ1) is 8.92. The molecule has 0 fully saturated rings. The van der Waals surface area contributed by atoms with Gasteiger partial charge in [0, 0.05) is 17.8 Å². The average Bonchev–Trinajstić information content (AvgIpc) is 3.00. The second-order valence-corrected chi connectivity index (χ2v) is 5.44. The Morgan fingerprint density at radius 2 is 2.16 bits per heavy atom. The Morgan fingerprint density at radius 3 is 2.74 bits per heavy atom. The molecule has 0 aromatic carbocycles. The molecule has 0 radical (unpaired) electrons. The Balaban J connectivity index is 2.28. The molecule has 2 rings (SSSR count). The van der Waals surface area contributed by atoms with Crippen molar-refractivity contribution in [2.24, 2.45) is 0 Å². The quantitative estimate of drug-likeness (QED) is 0.603. The first kappa shape index (κ1) is 13.2. The Morgan fingerprint density at radius 1 is 1.42 bits per heavy atom. The lowest BCUT2D eigenvalue weighted by Crippen LogP contribution is -2.28. The van der Waals surface area contributed by atoms with E-state index in [4.69, 9.17) is 5.11 Å². The van der Waals surface area contributed by atoms with E-state index in [1.807, 2.05) is 0 Å². The van der Waals surface area contributed by atoms with E-state index in [1.54, 1.807) is 6.92 Å². The van der Waals surface area contributed by atoms with E-state index in [2.05, 4.69) is 25.1 Å². The number of sulfonamides is 1. The third-order valence-electron chi connectivity index (χ3n) is 2.45. The molecule has 0 spiro atoms. The third-order valence-corrected chi connectivity index (χ3v) is 3.97. The van der Waals surface area contributed by atoms with Crippen molar-refractivity contribution < 1.29 is 18.3 Å². The maximum atomic E-state index is 12.0. The van der Waals surface area contributed by atoms with Gasteiger partial charge in [-0.05, 0) is 6.92 Å². The Labute approximate surface area is 108 Å². The number of carboxylic acid groups (broad SMARTS) is 1. The highest BCUT2D eigenvalue weighted by Crippen LogP contribution is 2.17. The van der Waals surface area contributed by atoms with Gasteiger partial charge in [-0.1, -0.05) is 0 Å². The van der Waals surface area contributed by atoms with Crippen LogP contribution in [-0.2, 0) is 10.0 Å². The molecule has 19 heavy (non-hydrogen) atoms. The Kier molecular flexibility index (Phi) is 3.36. The zero-order valence-electron chi connectivity index (χ0n) is 9.78. The number of carboxylic acids is 1. The SMILES string of the molecule is CC(NS(=O)(=O)c1[nH]ncc1C(=O)O)c1cn[nH]c1. The summed E-state index contributed by atoms with van der Waals surface area (Å²) in [5.74, 6) is -1.37. The summed E-state index contributed by atoms with van der Waals surface area (Å²) in [5.41, 5.74) is 0.215. The standard InChI is InChI=1S/C9H11N5O4S/c1-5(6-2-10-11-3-6)14-19(17,18)8-7(9(15)16)4-12-13-8/h2-5,14H,1H3,(H,10,11)(H,12,13)(H,15,16). The van der Waals surface area contributed by atoms with Crippen LogP contribution in [0.15, 0.2) is 23.6 Å². The Hall–Kier alpha value is -2.20. The number of hydrogen-bond donors (Lipinski definition) is 4. The fourth-order valence-electron chi connectivity index (χ4n) is 1.49.